The minimum Gasteiger partial charge on any atom is -0.508 e. The van der Waals surface area contributed by atoms with E-state index in [0.717, 1.165) is 37.1 Å². The average Bonchev–Trinajstić information content (AvgIpc) is 3.85. The molecule has 7 atom stereocenters. The zero-order chi connectivity index (χ0) is 43.4. The van der Waals surface area contributed by atoms with Crippen LogP contribution in [0.25, 0.3) is 0 Å². The highest BCUT2D eigenvalue weighted by Gasteiger charge is 2.20. The number of aliphatic carboxylic acids is 6. The number of carbonyl (C=O) groups is 6. The number of benzene rings is 1. The van der Waals surface area contributed by atoms with Gasteiger partial charge in [0, 0.05) is 18.3 Å². The summed E-state index contributed by atoms with van der Waals surface area (Å²) in [6.45, 7) is 9.59. The standard InChI is InChI=1S/C9H11NO3.C6H9N3O2.C6H13NO2.C5H9NO2.C5H11NO2.C3H7NO2/c10-8(9(12)13)5-6-1-3-7(11)4-2-6;7-5(6(10)11)1-4-2-8-3-9-4;1-3-4(2)5(7)6(8)9;7-5(8)4-2-1-3-6-4;1-3(2)4(6)5(7)8;1-2(4)3(5)6/h1-4,8,11H,5,10H2,(H,12,13);2-3,5H,1,7H2,(H,8,9)(H,10,11);4-5H,3,7H2,1-2H3,(H,8,9);4,6H,1-3H2,(H,7,8);3-4H,6H2,1-2H3,(H,7,8);2H,4H2,1H3,(H,5,6)/t8-;5-;4?,5-;4-;;2-/m0000.1/s1. The third-order valence-corrected chi connectivity index (χ3v) is 7.31. The number of phenols is 1. The maximum Gasteiger partial charge on any atom is 0.320 e. The molecule has 3 rings (SSSR count). The first kappa shape index (κ1) is 54.2. The first-order valence-corrected chi connectivity index (χ1v) is 17.0. The number of H-pyrrole nitrogens is 1. The predicted octanol–water partition coefficient (Wildman–Crippen LogP) is -0.549. The summed E-state index contributed by atoms with van der Waals surface area (Å²) in [7, 11) is 0. The van der Waals surface area contributed by atoms with Gasteiger partial charge in [-0.05, 0) is 62.3 Å². The number of aromatic nitrogens is 2. The molecule has 2 aromatic rings. The Morgan fingerprint density at radius 1 is 0.745 bits per heavy atom. The van der Waals surface area contributed by atoms with E-state index >= 15 is 0 Å². The van der Waals surface area contributed by atoms with Crippen molar-refractivity contribution in [3.05, 3.63) is 48.0 Å². The zero-order valence-corrected chi connectivity index (χ0v) is 31.7. The summed E-state index contributed by atoms with van der Waals surface area (Å²) < 4.78 is 0. The number of carboxylic acids is 6. The molecule has 1 aliphatic rings. The summed E-state index contributed by atoms with van der Waals surface area (Å²) in [5.41, 5.74) is 27.4. The lowest BCUT2D eigenvalue weighted by Crippen LogP contribution is -2.36. The molecule has 0 aliphatic carbocycles. The van der Waals surface area contributed by atoms with E-state index in [1.54, 1.807) is 32.2 Å². The van der Waals surface area contributed by atoms with E-state index in [-0.39, 0.29) is 36.5 Å². The van der Waals surface area contributed by atoms with Crippen molar-refractivity contribution in [2.75, 3.05) is 6.54 Å². The molecule has 0 bridgehead atoms. The van der Waals surface area contributed by atoms with Crippen LogP contribution in [0.1, 0.15) is 65.1 Å². The van der Waals surface area contributed by atoms with Crippen LogP contribution in [0, 0.1) is 11.8 Å². The van der Waals surface area contributed by atoms with Gasteiger partial charge in [0.15, 0.2) is 0 Å². The van der Waals surface area contributed by atoms with Crippen LogP contribution in [0.4, 0.5) is 0 Å². The Morgan fingerprint density at radius 2 is 1.22 bits per heavy atom. The third-order valence-electron chi connectivity index (χ3n) is 7.31. The molecule has 21 heteroatoms. The Balaban J connectivity index is -0.000000600. The summed E-state index contributed by atoms with van der Waals surface area (Å²) in [4.78, 5) is 67.1. The molecule has 1 saturated heterocycles. The molecule has 1 aromatic heterocycles. The molecule has 19 N–H and O–H groups in total. The van der Waals surface area contributed by atoms with E-state index in [9.17, 15) is 28.8 Å². The SMILES string of the molecule is CC(C)C(N)C(=O)O.CCC(C)[C@H](N)C(=O)O.C[C@@H](N)C(=O)O.N[C@@H](Cc1ccc(O)cc1)C(=O)O.N[C@@H](Cc1cnc[nH]1)C(=O)O.O=C(O)[C@@H]1CCCN1. The molecule has 2 unspecified atom stereocenters. The number of carboxylic acid groups (broad SMARTS) is 6. The Kier molecular flexibility index (Phi) is 29.7. The van der Waals surface area contributed by atoms with E-state index in [1.165, 1.54) is 25.4 Å². The van der Waals surface area contributed by atoms with Gasteiger partial charge < -0.3 is 74.7 Å². The normalized spacial score (nSPS) is 15.9. The van der Waals surface area contributed by atoms with Gasteiger partial charge in [0.25, 0.3) is 0 Å². The van der Waals surface area contributed by atoms with Crippen LogP contribution in [0.15, 0.2) is 36.8 Å². The van der Waals surface area contributed by atoms with Gasteiger partial charge in [-0.2, -0.15) is 0 Å². The minimum absolute atomic E-state index is 0.0208. The van der Waals surface area contributed by atoms with Crippen molar-refractivity contribution in [1.82, 2.24) is 15.3 Å². The Bertz CT molecular complexity index is 1380. The number of rotatable bonds is 13. The van der Waals surface area contributed by atoms with Gasteiger partial charge in [-0.25, -0.2) is 4.98 Å². The van der Waals surface area contributed by atoms with E-state index in [4.69, 9.17) is 64.4 Å². The molecule has 0 spiro atoms. The van der Waals surface area contributed by atoms with Gasteiger partial charge in [-0.15, -0.1) is 0 Å². The fourth-order valence-electron chi connectivity index (χ4n) is 3.37. The van der Waals surface area contributed by atoms with Crippen molar-refractivity contribution < 1.29 is 64.5 Å². The maximum absolute atomic E-state index is 10.4. The smallest absolute Gasteiger partial charge is 0.320 e. The van der Waals surface area contributed by atoms with Crippen molar-refractivity contribution >= 4 is 35.8 Å². The summed E-state index contributed by atoms with van der Waals surface area (Å²) >= 11 is 0. The highest BCUT2D eigenvalue weighted by Crippen LogP contribution is 2.11. The second kappa shape index (κ2) is 30.2. The Morgan fingerprint density at radius 3 is 1.47 bits per heavy atom. The molecule has 0 saturated carbocycles. The molecule has 314 valence electrons. The monoisotopic (exact) mass is 788 g/mol. The maximum atomic E-state index is 10.4. The average molecular weight is 789 g/mol. The summed E-state index contributed by atoms with van der Waals surface area (Å²) in [5, 5.41) is 61.6. The number of phenolic OH excluding ortho intramolecular Hbond substituents is 1. The third kappa shape index (κ3) is 28.9. The zero-order valence-electron chi connectivity index (χ0n) is 31.7. The number of hydrogen-bond donors (Lipinski definition) is 14. The van der Waals surface area contributed by atoms with Crippen molar-refractivity contribution in [3.63, 3.8) is 0 Å². The first-order chi connectivity index (χ1) is 25.4. The topological polar surface area (TPSA) is 415 Å². The molecular formula is C34H60N8O13. The van der Waals surface area contributed by atoms with Crippen LogP contribution in [-0.2, 0) is 41.6 Å². The summed E-state index contributed by atoms with van der Waals surface area (Å²) in [6.07, 6.45) is 6.21. The van der Waals surface area contributed by atoms with Crippen LogP contribution in [0.2, 0.25) is 0 Å². The van der Waals surface area contributed by atoms with Gasteiger partial charge >= 0.3 is 35.8 Å². The van der Waals surface area contributed by atoms with Gasteiger partial charge in [0.05, 0.1) is 6.33 Å². The lowest BCUT2D eigenvalue weighted by Gasteiger charge is -2.11. The molecule has 21 nitrogen and oxygen atoms in total. The first-order valence-electron chi connectivity index (χ1n) is 17.0. The van der Waals surface area contributed by atoms with E-state index < -0.39 is 66.0 Å². The number of nitrogens with one attached hydrogen (secondary N) is 2. The molecule has 2 heterocycles. The second-order valence-electron chi connectivity index (χ2n) is 12.5. The van der Waals surface area contributed by atoms with Gasteiger partial charge in [-0.1, -0.05) is 46.2 Å². The lowest BCUT2D eigenvalue weighted by molar-refractivity contribution is -0.140. The van der Waals surface area contributed by atoms with Crippen LogP contribution < -0.4 is 34.0 Å². The van der Waals surface area contributed by atoms with Crippen molar-refractivity contribution in [3.8, 4) is 5.75 Å². The predicted molar refractivity (Wildman–Crippen MR) is 201 cm³/mol. The van der Waals surface area contributed by atoms with Gasteiger partial charge in [0.1, 0.15) is 42.0 Å². The Hall–Kier alpha value is -5.19. The second-order valence-corrected chi connectivity index (χ2v) is 12.5. The molecule has 1 fully saturated rings. The summed E-state index contributed by atoms with van der Waals surface area (Å²) in [5.74, 6) is -5.29. The quantitative estimate of drug-likeness (QED) is 0.121. The largest absolute Gasteiger partial charge is 0.508 e. The van der Waals surface area contributed by atoms with Crippen molar-refractivity contribution in [2.45, 2.75) is 103 Å². The fourth-order valence-corrected chi connectivity index (χ4v) is 3.37. The number of aromatic hydroxyl groups is 1. The number of hydrogen-bond acceptors (Lipinski definition) is 14. The van der Waals surface area contributed by atoms with Crippen LogP contribution in [0.3, 0.4) is 0 Å². The highest BCUT2D eigenvalue weighted by atomic mass is 16.4. The fraction of sp³-hybridized carbons (Fsp3) is 0.559. The molecular weight excluding hydrogens is 728 g/mol. The van der Waals surface area contributed by atoms with Crippen molar-refractivity contribution in [1.29, 1.82) is 0 Å². The molecule has 0 radical (unpaired) electrons. The van der Waals surface area contributed by atoms with E-state index in [1.807, 2.05) is 13.8 Å². The molecule has 1 aliphatic heterocycles. The van der Waals surface area contributed by atoms with E-state index in [2.05, 4.69) is 15.3 Å². The number of imidazole rings is 1. The van der Waals surface area contributed by atoms with Gasteiger partial charge in [-0.3, -0.25) is 28.8 Å². The van der Waals surface area contributed by atoms with E-state index in [0.29, 0.717) is 0 Å². The Labute approximate surface area is 319 Å². The lowest BCUT2D eigenvalue weighted by atomic mass is 10.0. The molecule has 0 amide bonds. The minimum atomic E-state index is -1.02. The summed E-state index contributed by atoms with van der Waals surface area (Å²) in [6, 6.07) is 2.16. The number of aromatic amines is 1. The van der Waals surface area contributed by atoms with Gasteiger partial charge in [0.2, 0.25) is 0 Å². The van der Waals surface area contributed by atoms with Crippen LogP contribution in [-0.4, -0.2) is 124 Å². The number of nitrogens with zero attached hydrogens (tertiary/aromatic N) is 1. The van der Waals surface area contributed by atoms with Crippen LogP contribution in [0.5, 0.6) is 5.75 Å². The van der Waals surface area contributed by atoms with Crippen LogP contribution >= 0.6 is 0 Å². The molecule has 55 heavy (non-hydrogen) atoms. The van der Waals surface area contributed by atoms with Crippen molar-refractivity contribution in [2.24, 2.45) is 40.5 Å². The highest BCUT2D eigenvalue weighted by molar-refractivity contribution is 5.75. The molecule has 1 aromatic carbocycles. The number of nitrogens with two attached hydrogens (primary N) is 5.